The summed E-state index contributed by atoms with van der Waals surface area (Å²) >= 11 is 0. The van der Waals surface area contributed by atoms with Gasteiger partial charge in [0, 0.05) is 5.56 Å². The summed E-state index contributed by atoms with van der Waals surface area (Å²) in [5.41, 5.74) is 0.684. The lowest BCUT2D eigenvalue weighted by Gasteiger charge is -1.95. The Morgan fingerprint density at radius 3 is 2.71 bits per heavy atom. The van der Waals surface area contributed by atoms with Gasteiger partial charge in [-0.15, -0.1) is 0 Å². The molecule has 0 aliphatic carbocycles. The van der Waals surface area contributed by atoms with Crippen LogP contribution >= 0.6 is 0 Å². The molecule has 0 saturated heterocycles. The highest BCUT2D eigenvalue weighted by atomic mass is 19.1. The van der Waals surface area contributed by atoms with Gasteiger partial charge in [-0.3, -0.25) is 0 Å². The van der Waals surface area contributed by atoms with E-state index in [0.29, 0.717) is 5.56 Å². The van der Waals surface area contributed by atoms with E-state index in [1.165, 1.54) is 25.3 Å². The Morgan fingerprint density at radius 1 is 1.21 bits per heavy atom. The highest BCUT2D eigenvalue weighted by Gasteiger charge is 1.93. The first-order valence-corrected chi connectivity index (χ1v) is 5.25. The fourth-order valence-electron chi connectivity index (χ4n) is 1.33. The van der Waals surface area contributed by atoms with Crippen LogP contribution in [-0.2, 0) is 0 Å². The Balaban J connectivity index is 2.40. The zero-order valence-electron chi connectivity index (χ0n) is 8.67. The van der Waals surface area contributed by atoms with Gasteiger partial charge in [-0.2, -0.15) is 0 Å². The first kappa shape index (κ1) is 11.0. The first-order valence-electron chi connectivity index (χ1n) is 5.25. The molecule has 1 aromatic carbocycles. The molecule has 0 amide bonds. The van der Waals surface area contributed by atoms with Gasteiger partial charge in [-0.05, 0) is 18.9 Å². The molecule has 1 heteroatoms. The minimum atomic E-state index is -0.140. The van der Waals surface area contributed by atoms with Gasteiger partial charge in [0.05, 0.1) is 0 Å². The molecule has 0 heterocycles. The molecule has 0 spiro atoms. The quantitative estimate of drug-likeness (QED) is 0.606. The number of hydrogen-bond acceptors (Lipinski definition) is 0. The normalized spacial score (nSPS) is 11.0. The molecule has 0 unspecified atom stereocenters. The number of hydrogen-bond donors (Lipinski definition) is 0. The maximum absolute atomic E-state index is 13.1. The summed E-state index contributed by atoms with van der Waals surface area (Å²) in [5, 5.41) is 0. The summed E-state index contributed by atoms with van der Waals surface area (Å²) in [6.07, 6.45) is 8.64. The Morgan fingerprint density at radius 2 is 2.00 bits per heavy atom. The number of halogens is 1. The van der Waals surface area contributed by atoms with E-state index in [9.17, 15) is 4.39 Å². The third kappa shape index (κ3) is 3.73. The topological polar surface area (TPSA) is 0 Å². The fraction of sp³-hybridized carbons (Fsp3) is 0.385. The zero-order chi connectivity index (χ0) is 10.2. The van der Waals surface area contributed by atoms with Crippen LogP contribution in [0.25, 0.3) is 6.08 Å². The van der Waals surface area contributed by atoms with Gasteiger partial charge in [0.2, 0.25) is 0 Å². The van der Waals surface area contributed by atoms with E-state index in [1.807, 2.05) is 18.2 Å². The van der Waals surface area contributed by atoms with Crippen molar-refractivity contribution in [1.82, 2.24) is 0 Å². The number of allylic oxidation sites excluding steroid dienone is 1. The van der Waals surface area contributed by atoms with Gasteiger partial charge in [0.1, 0.15) is 5.82 Å². The minimum Gasteiger partial charge on any atom is -0.206 e. The molecule has 0 aliphatic rings. The van der Waals surface area contributed by atoms with Crippen molar-refractivity contribution in [3.63, 3.8) is 0 Å². The van der Waals surface area contributed by atoms with E-state index in [2.05, 4.69) is 6.92 Å². The predicted molar refractivity (Wildman–Crippen MR) is 59.6 cm³/mol. The highest BCUT2D eigenvalue weighted by molar-refractivity contribution is 5.49. The second-order valence-corrected chi connectivity index (χ2v) is 3.42. The maximum Gasteiger partial charge on any atom is 0.130 e. The van der Waals surface area contributed by atoms with Gasteiger partial charge >= 0.3 is 0 Å². The van der Waals surface area contributed by atoms with Crippen LogP contribution in [-0.4, -0.2) is 0 Å². The van der Waals surface area contributed by atoms with E-state index in [-0.39, 0.29) is 5.82 Å². The van der Waals surface area contributed by atoms with Gasteiger partial charge < -0.3 is 0 Å². The summed E-state index contributed by atoms with van der Waals surface area (Å²) < 4.78 is 13.1. The molecule has 76 valence electrons. The van der Waals surface area contributed by atoms with Crippen LogP contribution in [0.5, 0.6) is 0 Å². The van der Waals surface area contributed by atoms with Crippen molar-refractivity contribution >= 4 is 6.08 Å². The van der Waals surface area contributed by atoms with Crippen molar-refractivity contribution in [2.24, 2.45) is 0 Å². The van der Waals surface area contributed by atoms with Crippen molar-refractivity contribution in [2.45, 2.75) is 32.6 Å². The fourth-order valence-corrected chi connectivity index (χ4v) is 1.33. The van der Waals surface area contributed by atoms with E-state index in [1.54, 1.807) is 12.1 Å². The Kier molecular flexibility index (Phi) is 4.98. The first-order chi connectivity index (χ1) is 6.84. The average molecular weight is 192 g/mol. The molecule has 0 nitrogen and oxygen atoms in total. The number of unbranched alkanes of at least 4 members (excludes halogenated alkanes) is 3. The average Bonchev–Trinajstić information content (AvgIpc) is 2.20. The molecule has 0 radical (unpaired) electrons. The zero-order valence-corrected chi connectivity index (χ0v) is 8.67. The lowest BCUT2D eigenvalue weighted by Crippen LogP contribution is -1.79. The molecule has 0 aliphatic heterocycles. The third-order valence-corrected chi connectivity index (χ3v) is 2.18. The molecule has 0 saturated carbocycles. The second-order valence-electron chi connectivity index (χ2n) is 3.42. The molecule has 0 atom stereocenters. The van der Waals surface area contributed by atoms with Crippen LogP contribution in [0.2, 0.25) is 0 Å². The van der Waals surface area contributed by atoms with Crippen LogP contribution in [0.15, 0.2) is 30.3 Å². The molecule has 1 aromatic rings. The third-order valence-electron chi connectivity index (χ3n) is 2.18. The van der Waals surface area contributed by atoms with Crippen LogP contribution in [0.4, 0.5) is 4.39 Å². The minimum absolute atomic E-state index is 0.140. The lowest BCUT2D eigenvalue weighted by atomic mass is 10.1. The van der Waals surface area contributed by atoms with Crippen molar-refractivity contribution in [1.29, 1.82) is 0 Å². The predicted octanol–water partition coefficient (Wildman–Crippen LogP) is 4.42. The molecule has 0 fully saturated rings. The summed E-state index contributed by atoms with van der Waals surface area (Å²) in [6.45, 7) is 2.18. The van der Waals surface area contributed by atoms with Gasteiger partial charge in [-0.25, -0.2) is 4.39 Å². The molecule has 0 bridgehead atoms. The van der Waals surface area contributed by atoms with Gasteiger partial charge in [-0.1, -0.05) is 50.1 Å². The van der Waals surface area contributed by atoms with E-state index in [0.717, 1.165) is 6.42 Å². The van der Waals surface area contributed by atoms with Crippen LogP contribution < -0.4 is 0 Å². The maximum atomic E-state index is 13.1. The van der Waals surface area contributed by atoms with Crippen molar-refractivity contribution in [3.8, 4) is 0 Å². The lowest BCUT2D eigenvalue weighted by molar-refractivity contribution is 0.625. The Bertz CT molecular complexity index is 289. The summed E-state index contributed by atoms with van der Waals surface area (Å²) in [4.78, 5) is 0. The highest BCUT2D eigenvalue weighted by Crippen LogP contribution is 2.09. The summed E-state index contributed by atoms with van der Waals surface area (Å²) in [7, 11) is 0. The van der Waals surface area contributed by atoms with Crippen molar-refractivity contribution in [2.75, 3.05) is 0 Å². The summed E-state index contributed by atoms with van der Waals surface area (Å²) in [6, 6.07) is 6.86. The van der Waals surface area contributed by atoms with Crippen LogP contribution in [0, 0.1) is 5.82 Å². The van der Waals surface area contributed by atoms with E-state index < -0.39 is 0 Å². The van der Waals surface area contributed by atoms with Gasteiger partial charge in [0.25, 0.3) is 0 Å². The van der Waals surface area contributed by atoms with Crippen molar-refractivity contribution < 1.29 is 4.39 Å². The molecule has 1 rings (SSSR count). The van der Waals surface area contributed by atoms with Crippen LogP contribution in [0.1, 0.15) is 38.2 Å². The number of rotatable bonds is 5. The van der Waals surface area contributed by atoms with Gasteiger partial charge in [0.15, 0.2) is 0 Å². The SMILES string of the molecule is CCCCC/C=C/c1ccccc1F. The molecule has 14 heavy (non-hydrogen) atoms. The van der Waals surface area contributed by atoms with E-state index >= 15 is 0 Å². The Hall–Kier alpha value is -1.11. The standard InChI is InChI=1S/C13H17F/c1-2-3-4-5-6-9-12-10-7-8-11-13(12)14/h6-11H,2-5H2,1H3/b9-6+. The molecule has 0 N–H and O–H groups in total. The molecule has 0 aromatic heterocycles. The summed E-state index contributed by atoms with van der Waals surface area (Å²) in [5.74, 6) is -0.140. The molecular weight excluding hydrogens is 175 g/mol. The van der Waals surface area contributed by atoms with Crippen LogP contribution in [0.3, 0.4) is 0 Å². The van der Waals surface area contributed by atoms with E-state index in [4.69, 9.17) is 0 Å². The van der Waals surface area contributed by atoms with Crippen molar-refractivity contribution in [3.05, 3.63) is 41.7 Å². The molecular formula is C13H17F. The monoisotopic (exact) mass is 192 g/mol. The smallest absolute Gasteiger partial charge is 0.130 e. The Labute approximate surface area is 85.5 Å². The number of benzene rings is 1. The largest absolute Gasteiger partial charge is 0.206 e. The second kappa shape index (κ2) is 6.36.